The summed E-state index contributed by atoms with van der Waals surface area (Å²) in [4.78, 5) is 24.3. The fraction of sp³-hybridized carbons (Fsp3) is 0.818. The van der Waals surface area contributed by atoms with Gasteiger partial charge >= 0.3 is 5.97 Å². The molecule has 0 aliphatic carbocycles. The van der Waals surface area contributed by atoms with Crippen molar-refractivity contribution in [1.29, 1.82) is 0 Å². The molecule has 1 heterocycles. The lowest BCUT2D eigenvalue weighted by Crippen LogP contribution is -2.45. The van der Waals surface area contributed by atoms with Crippen molar-refractivity contribution in [1.82, 2.24) is 10.2 Å². The van der Waals surface area contributed by atoms with Crippen LogP contribution in [0.2, 0.25) is 0 Å². The van der Waals surface area contributed by atoms with Crippen LogP contribution in [-0.2, 0) is 9.59 Å². The first kappa shape index (κ1) is 13.0. The number of hydrogen-bond donors (Lipinski definition) is 2. The van der Waals surface area contributed by atoms with Gasteiger partial charge in [0.2, 0.25) is 5.91 Å². The van der Waals surface area contributed by atoms with Gasteiger partial charge in [-0.2, -0.15) is 0 Å². The fourth-order valence-electron chi connectivity index (χ4n) is 1.74. The number of carbonyl (C=O) groups is 2. The van der Waals surface area contributed by atoms with E-state index in [-0.39, 0.29) is 11.9 Å². The molecule has 5 heteroatoms. The predicted octanol–water partition coefficient (Wildman–Crippen LogP) is 0.308. The monoisotopic (exact) mass is 228 g/mol. The van der Waals surface area contributed by atoms with Crippen LogP contribution < -0.4 is 5.32 Å². The normalized spacial score (nSPS) is 19.5. The molecule has 0 spiro atoms. The molecule has 0 aromatic rings. The smallest absolute Gasteiger partial charge is 0.307 e. The lowest BCUT2D eigenvalue weighted by atomic mass is 10.1. The van der Waals surface area contributed by atoms with Crippen molar-refractivity contribution in [2.24, 2.45) is 5.92 Å². The molecule has 0 bridgehead atoms. The van der Waals surface area contributed by atoms with Gasteiger partial charge < -0.3 is 15.3 Å². The van der Waals surface area contributed by atoms with Crippen molar-refractivity contribution >= 4 is 11.9 Å². The Bertz CT molecular complexity index is 262. The number of aliphatic carboxylic acids is 1. The Hall–Kier alpha value is -1.10. The van der Waals surface area contributed by atoms with Crippen molar-refractivity contribution in [3.05, 3.63) is 0 Å². The quantitative estimate of drug-likeness (QED) is 0.710. The average molecular weight is 228 g/mol. The van der Waals surface area contributed by atoms with Crippen LogP contribution >= 0.6 is 0 Å². The molecule has 2 atom stereocenters. The molecule has 0 aromatic carbocycles. The number of likely N-dealkylation sites (tertiary alicyclic amines) is 1. The maximum absolute atomic E-state index is 11.8. The van der Waals surface area contributed by atoms with Gasteiger partial charge in [-0.1, -0.05) is 6.92 Å². The Labute approximate surface area is 95.8 Å². The van der Waals surface area contributed by atoms with Crippen LogP contribution in [-0.4, -0.2) is 47.6 Å². The molecule has 1 saturated heterocycles. The third-order valence-electron chi connectivity index (χ3n) is 2.94. The molecular formula is C11H20N2O3. The molecule has 1 aliphatic rings. The van der Waals surface area contributed by atoms with E-state index in [4.69, 9.17) is 5.11 Å². The first-order chi connectivity index (χ1) is 7.52. The van der Waals surface area contributed by atoms with E-state index in [0.717, 1.165) is 25.9 Å². The number of rotatable bonds is 5. The van der Waals surface area contributed by atoms with E-state index in [9.17, 15) is 9.59 Å². The molecule has 0 aromatic heterocycles. The van der Waals surface area contributed by atoms with Crippen LogP contribution in [0, 0.1) is 5.92 Å². The zero-order valence-electron chi connectivity index (χ0n) is 9.90. The van der Waals surface area contributed by atoms with Gasteiger partial charge in [0.25, 0.3) is 0 Å². The molecule has 92 valence electrons. The molecule has 1 fully saturated rings. The molecule has 1 rings (SSSR count). The van der Waals surface area contributed by atoms with E-state index in [2.05, 4.69) is 5.32 Å². The van der Waals surface area contributed by atoms with Crippen LogP contribution in [0.4, 0.5) is 0 Å². The standard InChI is InChI=1S/C11H20N2O3/c1-8(11(15)16)7-12-9(2)10(14)13-5-3-4-6-13/h8-9,12H,3-7H2,1-2H3,(H,15,16). The van der Waals surface area contributed by atoms with Gasteiger partial charge in [0.05, 0.1) is 12.0 Å². The minimum atomic E-state index is -0.840. The van der Waals surface area contributed by atoms with Crippen LogP contribution in [0.3, 0.4) is 0 Å². The van der Waals surface area contributed by atoms with Crippen LogP contribution in [0.1, 0.15) is 26.7 Å². The van der Waals surface area contributed by atoms with Gasteiger partial charge in [-0.25, -0.2) is 0 Å². The zero-order chi connectivity index (χ0) is 12.1. The Balaban J connectivity index is 2.31. The van der Waals surface area contributed by atoms with E-state index >= 15 is 0 Å². The molecule has 5 nitrogen and oxygen atoms in total. The highest BCUT2D eigenvalue weighted by Crippen LogP contribution is 2.09. The summed E-state index contributed by atoms with van der Waals surface area (Å²) in [5.41, 5.74) is 0. The molecule has 2 unspecified atom stereocenters. The Morgan fingerprint density at radius 1 is 1.31 bits per heavy atom. The number of hydrogen-bond acceptors (Lipinski definition) is 3. The topological polar surface area (TPSA) is 69.6 Å². The Morgan fingerprint density at radius 3 is 2.38 bits per heavy atom. The Kier molecular flexibility index (Phi) is 4.73. The van der Waals surface area contributed by atoms with Crippen molar-refractivity contribution < 1.29 is 14.7 Å². The third-order valence-corrected chi connectivity index (χ3v) is 2.94. The molecular weight excluding hydrogens is 208 g/mol. The molecule has 1 amide bonds. The lowest BCUT2D eigenvalue weighted by molar-refractivity contribution is -0.141. The second kappa shape index (κ2) is 5.84. The number of amides is 1. The van der Waals surface area contributed by atoms with Crippen LogP contribution in [0.15, 0.2) is 0 Å². The van der Waals surface area contributed by atoms with Crippen LogP contribution in [0.5, 0.6) is 0 Å². The highest BCUT2D eigenvalue weighted by atomic mass is 16.4. The highest BCUT2D eigenvalue weighted by Gasteiger charge is 2.23. The maximum Gasteiger partial charge on any atom is 0.307 e. The number of nitrogens with zero attached hydrogens (tertiary/aromatic N) is 1. The summed E-state index contributed by atoms with van der Waals surface area (Å²) in [6.45, 7) is 5.41. The van der Waals surface area contributed by atoms with E-state index in [1.54, 1.807) is 13.8 Å². The van der Waals surface area contributed by atoms with E-state index in [1.165, 1.54) is 0 Å². The summed E-state index contributed by atoms with van der Waals surface area (Å²) in [6, 6.07) is -0.292. The molecule has 0 saturated carbocycles. The third kappa shape index (κ3) is 3.48. The lowest BCUT2D eigenvalue weighted by Gasteiger charge is -2.21. The highest BCUT2D eigenvalue weighted by molar-refractivity contribution is 5.81. The van der Waals surface area contributed by atoms with Crippen molar-refractivity contribution in [2.45, 2.75) is 32.7 Å². The zero-order valence-corrected chi connectivity index (χ0v) is 9.90. The van der Waals surface area contributed by atoms with E-state index in [0.29, 0.717) is 6.54 Å². The van der Waals surface area contributed by atoms with Crippen molar-refractivity contribution in [3.8, 4) is 0 Å². The number of carbonyl (C=O) groups excluding carboxylic acids is 1. The predicted molar refractivity (Wildman–Crippen MR) is 60.1 cm³/mol. The first-order valence-electron chi connectivity index (χ1n) is 5.77. The van der Waals surface area contributed by atoms with Gasteiger partial charge in [-0.05, 0) is 19.8 Å². The van der Waals surface area contributed by atoms with E-state index in [1.807, 2.05) is 4.90 Å². The summed E-state index contributed by atoms with van der Waals surface area (Å²) < 4.78 is 0. The number of carboxylic acid groups (broad SMARTS) is 1. The van der Waals surface area contributed by atoms with Gasteiger partial charge in [0.1, 0.15) is 0 Å². The minimum absolute atomic E-state index is 0.0788. The summed E-state index contributed by atoms with van der Waals surface area (Å²) in [7, 11) is 0. The first-order valence-corrected chi connectivity index (χ1v) is 5.77. The Morgan fingerprint density at radius 2 is 1.88 bits per heavy atom. The van der Waals surface area contributed by atoms with Gasteiger partial charge in [-0.15, -0.1) is 0 Å². The largest absolute Gasteiger partial charge is 0.481 e. The number of nitrogens with one attached hydrogen (secondary N) is 1. The number of carboxylic acids is 1. The SMILES string of the molecule is CC(CNC(C)C(=O)N1CCCC1)C(=O)O. The average Bonchev–Trinajstić information content (AvgIpc) is 2.77. The minimum Gasteiger partial charge on any atom is -0.481 e. The summed E-state index contributed by atoms with van der Waals surface area (Å²) >= 11 is 0. The molecule has 1 aliphatic heterocycles. The second-order valence-electron chi connectivity index (χ2n) is 4.40. The second-order valence-corrected chi connectivity index (χ2v) is 4.40. The van der Waals surface area contributed by atoms with Crippen molar-refractivity contribution in [2.75, 3.05) is 19.6 Å². The van der Waals surface area contributed by atoms with Crippen LogP contribution in [0.25, 0.3) is 0 Å². The van der Waals surface area contributed by atoms with Gasteiger partial charge in [0.15, 0.2) is 0 Å². The fourth-order valence-corrected chi connectivity index (χ4v) is 1.74. The molecule has 2 N–H and O–H groups in total. The summed E-state index contributed by atoms with van der Waals surface area (Å²) in [5.74, 6) is -1.22. The van der Waals surface area contributed by atoms with Gasteiger partial charge in [-0.3, -0.25) is 9.59 Å². The molecule has 0 radical (unpaired) electrons. The van der Waals surface area contributed by atoms with Gasteiger partial charge in [0, 0.05) is 19.6 Å². The van der Waals surface area contributed by atoms with E-state index < -0.39 is 11.9 Å². The van der Waals surface area contributed by atoms with Crippen molar-refractivity contribution in [3.63, 3.8) is 0 Å². The summed E-state index contributed by atoms with van der Waals surface area (Å²) in [5, 5.41) is 11.7. The molecule has 16 heavy (non-hydrogen) atoms. The summed E-state index contributed by atoms with van der Waals surface area (Å²) in [6.07, 6.45) is 2.15. The maximum atomic E-state index is 11.8.